The van der Waals surface area contributed by atoms with Crippen molar-refractivity contribution in [1.82, 2.24) is 10.6 Å². The minimum absolute atomic E-state index is 0.0653. The fraction of sp³-hybridized carbons (Fsp3) is 0.533. The first-order valence-corrected chi connectivity index (χ1v) is 7.68. The summed E-state index contributed by atoms with van der Waals surface area (Å²) in [6.45, 7) is 1.06. The van der Waals surface area contributed by atoms with Gasteiger partial charge in [0.05, 0.1) is 4.92 Å². The van der Waals surface area contributed by atoms with Gasteiger partial charge in [-0.3, -0.25) is 10.1 Å². The molecule has 0 heterocycles. The normalized spacial score (nSPS) is 15.1. The van der Waals surface area contributed by atoms with E-state index in [1.54, 1.807) is 12.1 Å². The SMILES string of the molecule is O=C(NCCNc1ccc([N+](=O)[O-])cc1)NC1CCCCC1. The van der Waals surface area contributed by atoms with Gasteiger partial charge in [-0.1, -0.05) is 19.3 Å². The zero-order valence-corrected chi connectivity index (χ0v) is 12.5. The lowest BCUT2D eigenvalue weighted by Gasteiger charge is -2.22. The van der Waals surface area contributed by atoms with Crippen LogP contribution in [0.5, 0.6) is 0 Å². The van der Waals surface area contributed by atoms with Crippen LogP contribution in [-0.2, 0) is 0 Å². The Hall–Kier alpha value is -2.31. The summed E-state index contributed by atoms with van der Waals surface area (Å²) in [6, 6.07) is 6.38. The summed E-state index contributed by atoms with van der Waals surface area (Å²) >= 11 is 0. The number of nitrogens with zero attached hydrogens (tertiary/aromatic N) is 1. The molecule has 0 saturated heterocycles. The fourth-order valence-electron chi connectivity index (χ4n) is 2.57. The molecular formula is C15H22N4O3. The van der Waals surface area contributed by atoms with Gasteiger partial charge < -0.3 is 16.0 Å². The van der Waals surface area contributed by atoms with Crippen LogP contribution in [0, 0.1) is 10.1 Å². The largest absolute Gasteiger partial charge is 0.383 e. The predicted octanol–water partition coefficient (Wildman–Crippen LogP) is 2.64. The van der Waals surface area contributed by atoms with Crippen LogP contribution in [0.2, 0.25) is 0 Å². The molecule has 22 heavy (non-hydrogen) atoms. The van der Waals surface area contributed by atoms with Crippen molar-refractivity contribution in [2.24, 2.45) is 0 Å². The first-order valence-electron chi connectivity index (χ1n) is 7.68. The van der Waals surface area contributed by atoms with E-state index in [0.29, 0.717) is 19.1 Å². The smallest absolute Gasteiger partial charge is 0.315 e. The van der Waals surface area contributed by atoms with Gasteiger partial charge in [-0.2, -0.15) is 0 Å². The first kappa shape index (κ1) is 16.1. The van der Waals surface area contributed by atoms with E-state index in [4.69, 9.17) is 0 Å². The van der Waals surface area contributed by atoms with E-state index >= 15 is 0 Å². The molecule has 0 bridgehead atoms. The zero-order valence-electron chi connectivity index (χ0n) is 12.5. The molecule has 0 spiro atoms. The molecule has 0 unspecified atom stereocenters. The molecule has 0 radical (unpaired) electrons. The predicted molar refractivity (Wildman–Crippen MR) is 85.0 cm³/mol. The van der Waals surface area contributed by atoms with Gasteiger partial charge in [-0.15, -0.1) is 0 Å². The number of non-ortho nitro benzene ring substituents is 1. The standard InChI is InChI=1S/C15H22N4O3/c20-15(18-13-4-2-1-3-5-13)17-11-10-16-12-6-8-14(9-7-12)19(21)22/h6-9,13,16H,1-5,10-11H2,(H2,17,18,20). The van der Waals surface area contributed by atoms with Gasteiger partial charge in [-0.05, 0) is 25.0 Å². The van der Waals surface area contributed by atoms with Crippen LogP contribution in [0.3, 0.4) is 0 Å². The maximum absolute atomic E-state index is 11.7. The second-order valence-corrected chi connectivity index (χ2v) is 5.47. The lowest BCUT2D eigenvalue weighted by atomic mass is 9.96. The van der Waals surface area contributed by atoms with Gasteiger partial charge in [0.2, 0.25) is 0 Å². The highest BCUT2D eigenvalue weighted by Crippen LogP contribution is 2.17. The molecule has 1 aromatic rings. The van der Waals surface area contributed by atoms with E-state index in [9.17, 15) is 14.9 Å². The summed E-state index contributed by atoms with van der Waals surface area (Å²) in [4.78, 5) is 21.8. The fourth-order valence-corrected chi connectivity index (χ4v) is 2.57. The molecule has 7 heteroatoms. The molecule has 0 aliphatic heterocycles. The summed E-state index contributed by atoms with van der Waals surface area (Å²) in [5.74, 6) is 0. The molecule has 0 atom stereocenters. The molecule has 3 N–H and O–H groups in total. The van der Waals surface area contributed by atoms with Gasteiger partial charge in [0.25, 0.3) is 5.69 Å². The molecule has 0 aromatic heterocycles. The average Bonchev–Trinajstić information content (AvgIpc) is 2.53. The van der Waals surface area contributed by atoms with Gasteiger partial charge in [-0.25, -0.2) is 4.79 Å². The molecule has 7 nitrogen and oxygen atoms in total. The van der Waals surface area contributed by atoms with E-state index in [-0.39, 0.29) is 11.7 Å². The van der Waals surface area contributed by atoms with Crippen molar-refractivity contribution in [2.45, 2.75) is 38.1 Å². The van der Waals surface area contributed by atoms with E-state index < -0.39 is 4.92 Å². The summed E-state index contributed by atoms with van der Waals surface area (Å²) in [5, 5.41) is 19.4. The number of anilines is 1. The summed E-state index contributed by atoms with van der Waals surface area (Å²) < 4.78 is 0. The Morgan fingerprint density at radius 1 is 1.14 bits per heavy atom. The summed E-state index contributed by atoms with van der Waals surface area (Å²) in [5.41, 5.74) is 0.857. The van der Waals surface area contributed by atoms with Crippen LogP contribution in [0.15, 0.2) is 24.3 Å². The lowest BCUT2D eigenvalue weighted by molar-refractivity contribution is -0.384. The molecule has 2 amide bonds. The Bertz CT molecular complexity index is 498. The number of benzene rings is 1. The van der Waals surface area contributed by atoms with Crippen molar-refractivity contribution < 1.29 is 9.72 Å². The number of nitro benzene ring substituents is 1. The van der Waals surface area contributed by atoms with Gasteiger partial charge in [0.1, 0.15) is 0 Å². The Labute approximate surface area is 129 Å². The van der Waals surface area contributed by atoms with Crippen molar-refractivity contribution in [2.75, 3.05) is 18.4 Å². The number of rotatable bonds is 6. The third kappa shape index (κ3) is 5.23. The number of hydrogen-bond acceptors (Lipinski definition) is 4. The molecule has 1 aromatic carbocycles. The Morgan fingerprint density at radius 2 is 1.82 bits per heavy atom. The highest BCUT2D eigenvalue weighted by atomic mass is 16.6. The van der Waals surface area contributed by atoms with Crippen molar-refractivity contribution in [3.63, 3.8) is 0 Å². The minimum atomic E-state index is -0.430. The van der Waals surface area contributed by atoms with Crippen molar-refractivity contribution >= 4 is 17.4 Å². The maximum atomic E-state index is 11.7. The highest BCUT2D eigenvalue weighted by molar-refractivity contribution is 5.74. The summed E-state index contributed by atoms with van der Waals surface area (Å²) in [6.07, 6.45) is 5.77. The second kappa shape index (κ2) is 8.21. The van der Waals surface area contributed by atoms with Crippen LogP contribution in [0.4, 0.5) is 16.2 Å². The molecule has 1 fully saturated rings. The number of nitro groups is 1. The first-order chi connectivity index (χ1) is 10.6. The molecule has 1 saturated carbocycles. The molecular weight excluding hydrogens is 284 g/mol. The zero-order chi connectivity index (χ0) is 15.8. The van der Waals surface area contributed by atoms with E-state index in [2.05, 4.69) is 16.0 Å². The lowest BCUT2D eigenvalue weighted by Crippen LogP contribution is -2.44. The van der Waals surface area contributed by atoms with Crippen LogP contribution in [-0.4, -0.2) is 30.1 Å². The number of urea groups is 1. The quantitative estimate of drug-likeness (QED) is 0.427. The second-order valence-electron chi connectivity index (χ2n) is 5.47. The number of hydrogen-bond donors (Lipinski definition) is 3. The Kier molecular flexibility index (Phi) is 6.00. The molecule has 2 rings (SSSR count). The number of amides is 2. The minimum Gasteiger partial charge on any atom is -0.383 e. The van der Waals surface area contributed by atoms with E-state index in [1.807, 2.05) is 0 Å². The average molecular weight is 306 g/mol. The van der Waals surface area contributed by atoms with Crippen LogP contribution in [0.25, 0.3) is 0 Å². The van der Waals surface area contributed by atoms with Gasteiger partial charge in [0, 0.05) is 37.0 Å². The van der Waals surface area contributed by atoms with Gasteiger partial charge in [0.15, 0.2) is 0 Å². The monoisotopic (exact) mass is 306 g/mol. The number of carbonyl (C=O) groups is 1. The number of nitrogens with one attached hydrogen (secondary N) is 3. The van der Waals surface area contributed by atoms with E-state index in [1.165, 1.54) is 31.4 Å². The topological polar surface area (TPSA) is 96.3 Å². The maximum Gasteiger partial charge on any atom is 0.315 e. The third-order valence-corrected chi connectivity index (χ3v) is 3.76. The molecule has 120 valence electrons. The molecule has 1 aliphatic carbocycles. The molecule has 1 aliphatic rings. The Balaban J connectivity index is 1.61. The van der Waals surface area contributed by atoms with Crippen molar-refractivity contribution in [3.8, 4) is 0 Å². The summed E-state index contributed by atoms with van der Waals surface area (Å²) in [7, 11) is 0. The van der Waals surface area contributed by atoms with Crippen LogP contribution < -0.4 is 16.0 Å². The van der Waals surface area contributed by atoms with Crippen LogP contribution in [0.1, 0.15) is 32.1 Å². The van der Waals surface area contributed by atoms with Gasteiger partial charge >= 0.3 is 6.03 Å². The highest BCUT2D eigenvalue weighted by Gasteiger charge is 2.14. The van der Waals surface area contributed by atoms with Crippen molar-refractivity contribution in [1.29, 1.82) is 0 Å². The Morgan fingerprint density at radius 3 is 2.45 bits per heavy atom. The van der Waals surface area contributed by atoms with E-state index in [0.717, 1.165) is 18.5 Å². The number of carbonyl (C=O) groups excluding carboxylic acids is 1. The van der Waals surface area contributed by atoms with Crippen LogP contribution >= 0.6 is 0 Å². The van der Waals surface area contributed by atoms with Crippen molar-refractivity contribution in [3.05, 3.63) is 34.4 Å². The third-order valence-electron chi connectivity index (χ3n) is 3.76.